The summed E-state index contributed by atoms with van der Waals surface area (Å²) in [5.74, 6) is -1.05. The van der Waals surface area contributed by atoms with E-state index >= 15 is 0 Å². The summed E-state index contributed by atoms with van der Waals surface area (Å²) in [5.41, 5.74) is -0.697. The molecule has 0 N–H and O–H groups in total. The Morgan fingerprint density at radius 1 is 1.12 bits per heavy atom. The fraction of sp³-hybridized carbons (Fsp3) is 0.412. The fourth-order valence-corrected chi connectivity index (χ4v) is 2.25. The minimum Gasteiger partial charge on any atom is -0.469 e. The number of carbonyl (C=O) groups is 2. The van der Waals surface area contributed by atoms with Crippen molar-refractivity contribution in [1.82, 2.24) is 9.78 Å². The van der Waals surface area contributed by atoms with Gasteiger partial charge in [0.05, 0.1) is 24.6 Å². The molecule has 24 heavy (non-hydrogen) atoms. The average molecular weight is 332 g/mol. The molecular formula is C17H20N2O5. The van der Waals surface area contributed by atoms with Gasteiger partial charge in [0, 0.05) is 5.39 Å². The van der Waals surface area contributed by atoms with Gasteiger partial charge in [-0.2, -0.15) is 5.10 Å². The molecule has 0 saturated carbocycles. The Morgan fingerprint density at radius 3 is 2.33 bits per heavy atom. The summed E-state index contributed by atoms with van der Waals surface area (Å²) in [6.45, 7) is 4.90. The van der Waals surface area contributed by atoms with Gasteiger partial charge in [-0.3, -0.25) is 14.4 Å². The molecule has 2 rings (SSSR count). The third kappa shape index (κ3) is 4.18. The summed E-state index contributed by atoms with van der Waals surface area (Å²) in [6.07, 6.45) is -0.0917. The van der Waals surface area contributed by atoms with Crippen LogP contribution in [0.4, 0.5) is 0 Å². The van der Waals surface area contributed by atoms with Crippen LogP contribution in [0.15, 0.2) is 29.1 Å². The topological polar surface area (TPSA) is 87.5 Å². The first-order chi connectivity index (χ1) is 11.2. The molecule has 0 aliphatic heterocycles. The van der Waals surface area contributed by atoms with Crippen molar-refractivity contribution in [3.63, 3.8) is 0 Å². The molecule has 0 fully saturated rings. The zero-order valence-corrected chi connectivity index (χ0v) is 14.2. The number of rotatable bonds is 4. The number of fused-ring (bicyclic) bond motifs is 1. The molecule has 1 aromatic carbocycles. The van der Waals surface area contributed by atoms with Gasteiger partial charge in [-0.1, -0.05) is 18.2 Å². The molecule has 0 bridgehead atoms. The molecule has 0 saturated heterocycles. The molecule has 128 valence electrons. The third-order valence-corrected chi connectivity index (χ3v) is 3.18. The molecule has 7 heteroatoms. The van der Waals surface area contributed by atoms with Gasteiger partial charge in [-0.25, -0.2) is 4.68 Å². The lowest BCUT2D eigenvalue weighted by Crippen LogP contribution is -2.32. The molecule has 0 atom stereocenters. The van der Waals surface area contributed by atoms with Crippen LogP contribution < -0.4 is 5.56 Å². The van der Waals surface area contributed by atoms with Crippen LogP contribution in [0.1, 0.15) is 26.5 Å². The van der Waals surface area contributed by atoms with Gasteiger partial charge in [0.2, 0.25) is 0 Å². The molecule has 1 aromatic heterocycles. The van der Waals surface area contributed by atoms with Crippen molar-refractivity contribution < 1.29 is 19.1 Å². The number of aromatic nitrogens is 2. The van der Waals surface area contributed by atoms with Gasteiger partial charge in [-0.05, 0) is 26.8 Å². The largest absolute Gasteiger partial charge is 0.469 e. The van der Waals surface area contributed by atoms with E-state index in [0.29, 0.717) is 16.5 Å². The van der Waals surface area contributed by atoms with E-state index in [4.69, 9.17) is 4.74 Å². The van der Waals surface area contributed by atoms with Crippen LogP contribution >= 0.6 is 0 Å². The first-order valence-electron chi connectivity index (χ1n) is 7.48. The van der Waals surface area contributed by atoms with E-state index < -0.39 is 23.1 Å². The monoisotopic (exact) mass is 332 g/mol. The third-order valence-electron chi connectivity index (χ3n) is 3.18. The standard InChI is InChI=1S/C17H20N2O5/c1-17(2,3)24-15(21)10-19-16(22)12-8-6-5-7-11(12)13(18-19)9-14(20)23-4/h5-8H,9-10H2,1-4H3. The van der Waals surface area contributed by atoms with E-state index in [1.54, 1.807) is 45.0 Å². The smallest absolute Gasteiger partial charge is 0.328 e. The molecule has 0 radical (unpaired) electrons. The molecule has 1 heterocycles. The van der Waals surface area contributed by atoms with Crippen LogP contribution in [0.25, 0.3) is 10.8 Å². The summed E-state index contributed by atoms with van der Waals surface area (Å²) in [6, 6.07) is 6.80. The zero-order chi connectivity index (χ0) is 17.9. The number of methoxy groups -OCH3 is 1. The number of nitrogens with zero attached hydrogens (tertiary/aromatic N) is 2. The van der Waals surface area contributed by atoms with E-state index in [1.807, 2.05) is 0 Å². The summed E-state index contributed by atoms with van der Waals surface area (Å²) >= 11 is 0. The maximum atomic E-state index is 12.5. The quantitative estimate of drug-likeness (QED) is 0.788. The average Bonchev–Trinajstić information content (AvgIpc) is 2.50. The highest BCUT2D eigenvalue weighted by molar-refractivity contribution is 5.87. The van der Waals surface area contributed by atoms with Crippen LogP contribution in [-0.4, -0.2) is 34.4 Å². The van der Waals surface area contributed by atoms with Gasteiger partial charge in [0.15, 0.2) is 0 Å². The minimum absolute atomic E-state index is 0.0917. The lowest BCUT2D eigenvalue weighted by atomic mass is 10.1. The second kappa shape index (κ2) is 6.82. The maximum Gasteiger partial charge on any atom is 0.328 e. The second-order valence-electron chi connectivity index (χ2n) is 6.29. The molecule has 0 aliphatic rings. The van der Waals surface area contributed by atoms with E-state index in [2.05, 4.69) is 9.84 Å². The predicted molar refractivity (Wildman–Crippen MR) is 87.6 cm³/mol. The number of carbonyl (C=O) groups excluding carboxylic acids is 2. The molecule has 0 amide bonds. The van der Waals surface area contributed by atoms with E-state index in [0.717, 1.165) is 4.68 Å². The van der Waals surface area contributed by atoms with Gasteiger partial charge >= 0.3 is 11.9 Å². The summed E-state index contributed by atoms with van der Waals surface area (Å²) in [5, 5.41) is 5.11. The number of hydrogen-bond acceptors (Lipinski definition) is 6. The second-order valence-corrected chi connectivity index (χ2v) is 6.29. The van der Waals surface area contributed by atoms with Crippen molar-refractivity contribution in [2.45, 2.75) is 39.3 Å². The predicted octanol–water partition coefficient (Wildman–Crippen LogP) is 1.45. The van der Waals surface area contributed by atoms with Crippen LogP contribution in [0.5, 0.6) is 0 Å². The Balaban J connectivity index is 2.47. The molecule has 0 unspecified atom stereocenters. The van der Waals surface area contributed by atoms with Gasteiger partial charge in [0.25, 0.3) is 5.56 Å². The van der Waals surface area contributed by atoms with Gasteiger partial charge in [0.1, 0.15) is 12.1 Å². The Hall–Kier alpha value is -2.70. The van der Waals surface area contributed by atoms with Crippen molar-refractivity contribution in [3.05, 3.63) is 40.3 Å². The Bertz CT molecular complexity index is 833. The fourth-order valence-electron chi connectivity index (χ4n) is 2.25. The SMILES string of the molecule is COC(=O)Cc1nn(CC(=O)OC(C)(C)C)c(=O)c2ccccc12. The first kappa shape index (κ1) is 17.7. The molecular weight excluding hydrogens is 312 g/mol. The Kier molecular flexibility index (Phi) is 5.02. The minimum atomic E-state index is -0.660. The molecule has 2 aromatic rings. The summed E-state index contributed by atoms with van der Waals surface area (Å²) in [4.78, 5) is 36.1. The van der Waals surface area contributed by atoms with Crippen molar-refractivity contribution in [2.75, 3.05) is 7.11 Å². The first-order valence-corrected chi connectivity index (χ1v) is 7.48. The van der Waals surface area contributed by atoms with Crippen molar-refractivity contribution in [1.29, 1.82) is 0 Å². The number of hydrogen-bond donors (Lipinski definition) is 0. The van der Waals surface area contributed by atoms with Crippen LogP contribution in [0.3, 0.4) is 0 Å². The van der Waals surface area contributed by atoms with Gasteiger partial charge in [-0.15, -0.1) is 0 Å². The summed E-state index contributed by atoms with van der Waals surface area (Å²) < 4.78 is 10.9. The zero-order valence-electron chi connectivity index (χ0n) is 14.2. The molecule has 7 nitrogen and oxygen atoms in total. The van der Waals surface area contributed by atoms with E-state index in [1.165, 1.54) is 7.11 Å². The lowest BCUT2D eigenvalue weighted by Gasteiger charge is -2.19. The van der Waals surface area contributed by atoms with E-state index in [-0.39, 0.29) is 13.0 Å². The summed E-state index contributed by atoms with van der Waals surface area (Å²) in [7, 11) is 1.28. The highest BCUT2D eigenvalue weighted by Crippen LogP contribution is 2.14. The van der Waals surface area contributed by atoms with Crippen molar-refractivity contribution in [3.8, 4) is 0 Å². The maximum absolute atomic E-state index is 12.5. The molecule has 0 spiro atoms. The molecule has 0 aliphatic carbocycles. The van der Waals surface area contributed by atoms with Crippen LogP contribution in [0, 0.1) is 0 Å². The number of ether oxygens (including phenoxy) is 2. The normalized spacial score (nSPS) is 11.3. The lowest BCUT2D eigenvalue weighted by molar-refractivity contribution is -0.155. The van der Waals surface area contributed by atoms with Crippen LogP contribution in [-0.2, 0) is 32.0 Å². The van der Waals surface area contributed by atoms with Gasteiger partial charge < -0.3 is 9.47 Å². The van der Waals surface area contributed by atoms with Crippen LogP contribution in [0.2, 0.25) is 0 Å². The highest BCUT2D eigenvalue weighted by Gasteiger charge is 2.19. The Morgan fingerprint density at radius 2 is 1.75 bits per heavy atom. The Labute approximate surface area is 139 Å². The number of benzene rings is 1. The van der Waals surface area contributed by atoms with Crippen molar-refractivity contribution >= 4 is 22.7 Å². The number of esters is 2. The van der Waals surface area contributed by atoms with E-state index in [9.17, 15) is 14.4 Å². The van der Waals surface area contributed by atoms with Crippen molar-refractivity contribution in [2.24, 2.45) is 0 Å². The highest BCUT2D eigenvalue weighted by atomic mass is 16.6.